The molecule has 3 aromatic rings. The van der Waals surface area contributed by atoms with Crippen molar-refractivity contribution in [2.24, 2.45) is 0 Å². The smallest absolute Gasteiger partial charge is 0.325 e. The number of halogens is 1. The fourth-order valence-electron chi connectivity index (χ4n) is 3.13. The highest BCUT2D eigenvalue weighted by Crippen LogP contribution is 2.15. The molecule has 2 aromatic heterocycles. The lowest BCUT2D eigenvalue weighted by atomic mass is 10.1. The first-order valence-corrected chi connectivity index (χ1v) is 8.93. The first kappa shape index (κ1) is 18.5. The second kappa shape index (κ2) is 7.66. The Balaban J connectivity index is 1.35. The number of fused-ring (bicyclic) bond motifs is 1. The number of urea groups is 1. The van der Waals surface area contributed by atoms with Crippen LogP contribution in [-0.2, 0) is 22.7 Å². The SMILES string of the molecule is O=C(C[C@H]1NC(=O)N(Cc2cccc(F)c2)C1=O)NCc1nnc2ccccn12. The lowest BCUT2D eigenvalue weighted by Crippen LogP contribution is -2.36. The van der Waals surface area contributed by atoms with Crippen molar-refractivity contribution in [1.82, 2.24) is 30.1 Å². The Labute approximate surface area is 164 Å². The third-order valence-electron chi connectivity index (χ3n) is 4.55. The molecule has 2 N–H and O–H groups in total. The maximum absolute atomic E-state index is 13.3. The molecule has 9 nitrogen and oxygen atoms in total. The Hall–Kier alpha value is -3.82. The van der Waals surface area contributed by atoms with Gasteiger partial charge in [-0.05, 0) is 29.8 Å². The van der Waals surface area contributed by atoms with E-state index in [-0.39, 0.29) is 19.5 Å². The maximum atomic E-state index is 13.3. The van der Waals surface area contributed by atoms with Crippen LogP contribution in [0.1, 0.15) is 17.8 Å². The summed E-state index contributed by atoms with van der Waals surface area (Å²) in [5.74, 6) is -0.846. The minimum atomic E-state index is -0.966. The van der Waals surface area contributed by atoms with Gasteiger partial charge in [-0.25, -0.2) is 9.18 Å². The highest BCUT2D eigenvalue weighted by Gasteiger charge is 2.39. The number of hydrogen-bond acceptors (Lipinski definition) is 5. The summed E-state index contributed by atoms with van der Waals surface area (Å²) in [5.41, 5.74) is 1.14. The number of nitrogens with one attached hydrogen (secondary N) is 2. The minimum absolute atomic E-state index is 0.0632. The second-order valence-electron chi connectivity index (χ2n) is 6.58. The molecule has 0 saturated carbocycles. The van der Waals surface area contributed by atoms with E-state index in [2.05, 4.69) is 20.8 Å². The van der Waals surface area contributed by atoms with Crippen molar-refractivity contribution in [1.29, 1.82) is 0 Å². The van der Waals surface area contributed by atoms with Gasteiger partial charge in [-0.2, -0.15) is 0 Å². The average molecular weight is 396 g/mol. The molecule has 0 unspecified atom stereocenters. The predicted octanol–water partition coefficient (Wildman–Crippen LogP) is 0.995. The number of hydrogen-bond donors (Lipinski definition) is 2. The number of carbonyl (C=O) groups is 3. The molecule has 0 radical (unpaired) electrons. The molecule has 4 amide bonds. The van der Waals surface area contributed by atoms with Gasteiger partial charge < -0.3 is 10.6 Å². The molecule has 10 heteroatoms. The normalized spacial score (nSPS) is 16.3. The molecule has 1 fully saturated rings. The molecule has 1 aliphatic heterocycles. The van der Waals surface area contributed by atoms with Gasteiger partial charge >= 0.3 is 6.03 Å². The van der Waals surface area contributed by atoms with Crippen LogP contribution in [-0.4, -0.2) is 43.4 Å². The Morgan fingerprint density at radius 1 is 1.17 bits per heavy atom. The zero-order chi connectivity index (χ0) is 20.4. The van der Waals surface area contributed by atoms with E-state index in [1.807, 2.05) is 12.1 Å². The summed E-state index contributed by atoms with van der Waals surface area (Å²) in [6.45, 7) is 0.0676. The van der Waals surface area contributed by atoms with E-state index in [0.29, 0.717) is 17.0 Å². The molecule has 3 heterocycles. The van der Waals surface area contributed by atoms with E-state index in [4.69, 9.17) is 0 Å². The van der Waals surface area contributed by atoms with Crippen molar-refractivity contribution in [3.63, 3.8) is 0 Å². The number of imide groups is 1. The predicted molar refractivity (Wildman–Crippen MR) is 98.7 cm³/mol. The molecule has 1 aliphatic rings. The van der Waals surface area contributed by atoms with Crippen LogP contribution in [0.15, 0.2) is 48.7 Å². The highest BCUT2D eigenvalue weighted by atomic mass is 19.1. The summed E-state index contributed by atoms with van der Waals surface area (Å²) in [6.07, 6.45) is 1.57. The first-order chi connectivity index (χ1) is 14.0. The van der Waals surface area contributed by atoms with Crippen LogP contribution < -0.4 is 10.6 Å². The molecule has 4 rings (SSSR count). The quantitative estimate of drug-likeness (QED) is 0.604. The molecule has 1 atom stereocenters. The van der Waals surface area contributed by atoms with Crippen molar-refractivity contribution in [2.75, 3.05) is 0 Å². The van der Waals surface area contributed by atoms with E-state index >= 15 is 0 Å². The molecule has 1 aromatic carbocycles. The van der Waals surface area contributed by atoms with E-state index < -0.39 is 29.7 Å². The monoisotopic (exact) mass is 396 g/mol. The first-order valence-electron chi connectivity index (χ1n) is 8.93. The molecule has 1 saturated heterocycles. The molecule has 29 heavy (non-hydrogen) atoms. The van der Waals surface area contributed by atoms with Crippen molar-refractivity contribution in [2.45, 2.75) is 25.6 Å². The summed E-state index contributed by atoms with van der Waals surface area (Å²) in [7, 11) is 0. The van der Waals surface area contributed by atoms with Crippen LogP contribution in [0.4, 0.5) is 9.18 Å². The zero-order valence-electron chi connectivity index (χ0n) is 15.2. The summed E-state index contributed by atoms with van der Waals surface area (Å²) in [6, 6.07) is 9.52. The van der Waals surface area contributed by atoms with Gasteiger partial charge in [-0.1, -0.05) is 18.2 Å². The number of carbonyl (C=O) groups excluding carboxylic acids is 3. The summed E-state index contributed by atoms with van der Waals surface area (Å²) < 4.78 is 15.1. The summed E-state index contributed by atoms with van der Waals surface area (Å²) >= 11 is 0. The third-order valence-corrected chi connectivity index (χ3v) is 4.55. The number of aromatic nitrogens is 3. The topological polar surface area (TPSA) is 109 Å². The van der Waals surface area contributed by atoms with Gasteiger partial charge in [0.1, 0.15) is 11.9 Å². The zero-order valence-corrected chi connectivity index (χ0v) is 15.2. The molecular formula is C19H17FN6O3. The standard InChI is InChI=1S/C19H17FN6O3/c20-13-5-3-4-12(8-13)11-26-18(28)14(22-19(26)29)9-17(27)21-10-16-24-23-15-6-1-2-7-25(15)16/h1-8,14H,9-11H2,(H,21,27)(H,22,29)/t14-/m1/s1. The summed E-state index contributed by atoms with van der Waals surface area (Å²) in [5, 5.41) is 13.2. The van der Waals surface area contributed by atoms with Gasteiger partial charge in [0.15, 0.2) is 11.5 Å². The van der Waals surface area contributed by atoms with E-state index in [1.54, 1.807) is 22.7 Å². The van der Waals surface area contributed by atoms with Gasteiger partial charge in [-0.15, -0.1) is 10.2 Å². The fourth-order valence-corrected chi connectivity index (χ4v) is 3.13. The van der Waals surface area contributed by atoms with E-state index in [9.17, 15) is 18.8 Å². The number of nitrogens with zero attached hydrogens (tertiary/aromatic N) is 4. The van der Waals surface area contributed by atoms with Crippen molar-refractivity contribution in [3.05, 3.63) is 65.9 Å². The van der Waals surface area contributed by atoms with Crippen molar-refractivity contribution >= 4 is 23.5 Å². The van der Waals surface area contributed by atoms with Crippen LogP contribution in [0.3, 0.4) is 0 Å². The van der Waals surface area contributed by atoms with Gasteiger partial charge in [0.25, 0.3) is 5.91 Å². The maximum Gasteiger partial charge on any atom is 0.325 e. The van der Waals surface area contributed by atoms with Gasteiger partial charge in [-0.3, -0.25) is 18.9 Å². The largest absolute Gasteiger partial charge is 0.349 e. The average Bonchev–Trinajstić information content (AvgIpc) is 3.23. The Morgan fingerprint density at radius 3 is 2.86 bits per heavy atom. The number of rotatable bonds is 6. The lowest BCUT2D eigenvalue weighted by Gasteiger charge is -2.13. The third kappa shape index (κ3) is 3.91. The Morgan fingerprint density at radius 2 is 2.03 bits per heavy atom. The van der Waals surface area contributed by atoms with Crippen LogP contribution in [0.5, 0.6) is 0 Å². The van der Waals surface area contributed by atoms with Crippen LogP contribution in [0, 0.1) is 5.82 Å². The highest BCUT2D eigenvalue weighted by molar-refractivity contribution is 6.05. The number of benzene rings is 1. The number of pyridine rings is 1. The van der Waals surface area contributed by atoms with Gasteiger partial charge in [0.05, 0.1) is 19.5 Å². The van der Waals surface area contributed by atoms with Gasteiger partial charge in [0.2, 0.25) is 5.91 Å². The van der Waals surface area contributed by atoms with Crippen molar-refractivity contribution < 1.29 is 18.8 Å². The van der Waals surface area contributed by atoms with E-state index in [0.717, 1.165) is 4.90 Å². The Bertz CT molecular complexity index is 1100. The van der Waals surface area contributed by atoms with Gasteiger partial charge in [0, 0.05) is 6.20 Å². The molecule has 0 aliphatic carbocycles. The van der Waals surface area contributed by atoms with E-state index in [1.165, 1.54) is 18.2 Å². The van der Waals surface area contributed by atoms with Crippen LogP contribution >= 0.6 is 0 Å². The van der Waals surface area contributed by atoms with Crippen LogP contribution in [0.2, 0.25) is 0 Å². The van der Waals surface area contributed by atoms with Crippen LogP contribution in [0.25, 0.3) is 5.65 Å². The molecular weight excluding hydrogens is 379 g/mol. The molecule has 148 valence electrons. The number of amides is 4. The lowest BCUT2D eigenvalue weighted by molar-refractivity contribution is -0.131. The fraction of sp³-hybridized carbons (Fsp3) is 0.211. The minimum Gasteiger partial charge on any atom is -0.349 e. The Kier molecular flexibility index (Phi) is 4.90. The second-order valence-corrected chi connectivity index (χ2v) is 6.58. The molecule has 0 bridgehead atoms. The van der Waals surface area contributed by atoms with Crippen molar-refractivity contribution in [3.8, 4) is 0 Å². The molecule has 0 spiro atoms. The summed E-state index contributed by atoms with van der Waals surface area (Å²) in [4.78, 5) is 37.8.